The Hall–Kier alpha value is -0.530. The van der Waals surface area contributed by atoms with Crippen molar-refractivity contribution < 1.29 is 9.53 Å². The van der Waals surface area contributed by atoms with Gasteiger partial charge in [0, 0.05) is 6.42 Å². The summed E-state index contributed by atoms with van der Waals surface area (Å²) in [6, 6.07) is 0. The van der Waals surface area contributed by atoms with Crippen molar-refractivity contribution >= 4 is 5.97 Å². The van der Waals surface area contributed by atoms with E-state index in [1.54, 1.807) is 0 Å². The van der Waals surface area contributed by atoms with Crippen molar-refractivity contribution in [1.82, 2.24) is 0 Å². The van der Waals surface area contributed by atoms with E-state index in [0.29, 0.717) is 6.42 Å². The first-order valence-corrected chi connectivity index (χ1v) is 7.90. The lowest BCUT2D eigenvalue weighted by molar-refractivity contribution is -0.148. The zero-order valence-electron chi connectivity index (χ0n) is 12.7. The van der Waals surface area contributed by atoms with Gasteiger partial charge in [0.05, 0.1) is 6.10 Å². The Morgan fingerprint density at radius 1 is 0.889 bits per heavy atom. The Balaban J connectivity index is 3.37. The maximum Gasteiger partial charge on any atom is 0.306 e. The highest BCUT2D eigenvalue weighted by Gasteiger charge is 2.08. The lowest BCUT2D eigenvalue weighted by Gasteiger charge is -2.13. The second kappa shape index (κ2) is 12.9. The minimum Gasteiger partial charge on any atom is -0.463 e. The van der Waals surface area contributed by atoms with Crippen molar-refractivity contribution in [2.45, 2.75) is 97.5 Å². The fourth-order valence-electron chi connectivity index (χ4n) is 2.07. The number of carbonyl (C=O) groups excluding carboxylic acids is 1. The number of carbonyl (C=O) groups is 1. The Labute approximate surface area is 113 Å². The summed E-state index contributed by atoms with van der Waals surface area (Å²) in [6.45, 7) is 6.43. The highest BCUT2D eigenvalue weighted by Crippen LogP contribution is 2.10. The molecular weight excluding hydrogens is 224 g/mol. The standard InChI is InChI=1S/C16H32O2/c1-4-6-8-10-12-14-16(17)18-15(3)13-11-9-7-5-2/h15H,4-14H2,1-3H3/t15-/m0/s1. The molecule has 0 aliphatic carbocycles. The maximum atomic E-state index is 11.6. The van der Waals surface area contributed by atoms with Crippen LogP contribution in [0.3, 0.4) is 0 Å². The van der Waals surface area contributed by atoms with E-state index >= 15 is 0 Å². The zero-order chi connectivity index (χ0) is 13.6. The van der Waals surface area contributed by atoms with Gasteiger partial charge in [-0.25, -0.2) is 0 Å². The maximum absolute atomic E-state index is 11.6. The average Bonchev–Trinajstić information content (AvgIpc) is 2.34. The topological polar surface area (TPSA) is 26.3 Å². The quantitative estimate of drug-likeness (QED) is 0.352. The molecule has 18 heavy (non-hydrogen) atoms. The summed E-state index contributed by atoms with van der Waals surface area (Å²) in [5.74, 6) is -0.00510. The van der Waals surface area contributed by atoms with Crippen molar-refractivity contribution in [1.29, 1.82) is 0 Å². The third kappa shape index (κ3) is 11.9. The van der Waals surface area contributed by atoms with Gasteiger partial charge in [0.25, 0.3) is 0 Å². The molecule has 108 valence electrons. The Bertz CT molecular complexity index is 190. The molecule has 0 heterocycles. The smallest absolute Gasteiger partial charge is 0.306 e. The normalized spacial score (nSPS) is 12.4. The Morgan fingerprint density at radius 3 is 2.06 bits per heavy atom. The molecule has 0 aliphatic heterocycles. The van der Waals surface area contributed by atoms with Crippen LogP contribution in [-0.4, -0.2) is 12.1 Å². The van der Waals surface area contributed by atoms with Crippen molar-refractivity contribution in [3.05, 3.63) is 0 Å². The number of hydrogen-bond acceptors (Lipinski definition) is 2. The molecule has 2 heteroatoms. The van der Waals surface area contributed by atoms with E-state index in [0.717, 1.165) is 19.3 Å². The van der Waals surface area contributed by atoms with Gasteiger partial charge in [0.1, 0.15) is 0 Å². The molecule has 0 aliphatic rings. The monoisotopic (exact) mass is 256 g/mol. The van der Waals surface area contributed by atoms with Gasteiger partial charge in [0.2, 0.25) is 0 Å². The summed E-state index contributed by atoms with van der Waals surface area (Å²) in [4.78, 5) is 11.6. The number of hydrogen-bond donors (Lipinski definition) is 0. The molecule has 0 spiro atoms. The second-order valence-electron chi connectivity index (χ2n) is 5.31. The minimum absolute atomic E-state index is 0.00510. The summed E-state index contributed by atoms with van der Waals surface area (Å²) >= 11 is 0. The van der Waals surface area contributed by atoms with Crippen molar-refractivity contribution in [3.8, 4) is 0 Å². The van der Waals surface area contributed by atoms with Crippen LogP contribution in [0, 0.1) is 0 Å². The number of ether oxygens (including phenoxy) is 1. The number of esters is 1. The first-order valence-electron chi connectivity index (χ1n) is 7.90. The molecule has 0 saturated heterocycles. The van der Waals surface area contributed by atoms with Crippen molar-refractivity contribution in [3.63, 3.8) is 0 Å². The molecule has 0 rings (SSSR count). The van der Waals surface area contributed by atoms with Crippen LogP contribution in [0.15, 0.2) is 0 Å². The lowest BCUT2D eigenvalue weighted by atomic mass is 10.1. The molecule has 0 aromatic heterocycles. The molecule has 2 nitrogen and oxygen atoms in total. The molecule has 0 saturated carbocycles. The van der Waals surface area contributed by atoms with E-state index in [1.807, 2.05) is 6.92 Å². The van der Waals surface area contributed by atoms with Crippen LogP contribution in [0.5, 0.6) is 0 Å². The van der Waals surface area contributed by atoms with Gasteiger partial charge >= 0.3 is 5.97 Å². The zero-order valence-corrected chi connectivity index (χ0v) is 12.7. The van der Waals surface area contributed by atoms with Gasteiger partial charge in [-0.05, 0) is 26.2 Å². The number of unbranched alkanes of at least 4 members (excludes halogenated alkanes) is 7. The largest absolute Gasteiger partial charge is 0.463 e. The summed E-state index contributed by atoms with van der Waals surface area (Å²) in [5.41, 5.74) is 0. The molecule has 0 radical (unpaired) electrons. The van der Waals surface area contributed by atoms with Crippen molar-refractivity contribution in [2.24, 2.45) is 0 Å². The minimum atomic E-state index is -0.00510. The Morgan fingerprint density at radius 2 is 1.44 bits per heavy atom. The van der Waals surface area contributed by atoms with Gasteiger partial charge in [-0.2, -0.15) is 0 Å². The van der Waals surface area contributed by atoms with Gasteiger partial charge in [-0.15, -0.1) is 0 Å². The average molecular weight is 256 g/mol. The highest BCUT2D eigenvalue weighted by atomic mass is 16.5. The van der Waals surface area contributed by atoms with Crippen LogP contribution >= 0.6 is 0 Å². The Kier molecular flexibility index (Phi) is 12.5. The summed E-state index contributed by atoms with van der Waals surface area (Å²) in [5, 5.41) is 0. The molecular formula is C16H32O2. The fraction of sp³-hybridized carbons (Fsp3) is 0.938. The summed E-state index contributed by atoms with van der Waals surface area (Å²) in [6.07, 6.45) is 12.6. The van der Waals surface area contributed by atoms with Crippen LogP contribution in [0.1, 0.15) is 91.4 Å². The van der Waals surface area contributed by atoms with Crippen LogP contribution < -0.4 is 0 Å². The molecule has 0 aromatic carbocycles. The highest BCUT2D eigenvalue weighted by molar-refractivity contribution is 5.69. The fourth-order valence-corrected chi connectivity index (χ4v) is 2.07. The SMILES string of the molecule is CCCCCCCC(=O)O[C@@H](C)CCCCCC. The van der Waals surface area contributed by atoms with Gasteiger partial charge in [-0.1, -0.05) is 58.8 Å². The van der Waals surface area contributed by atoms with Crippen molar-refractivity contribution in [2.75, 3.05) is 0 Å². The van der Waals surface area contributed by atoms with E-state index in [-0.39, 0.29) is 12.1 Å². The molecule has 0 aromatic rings. The molecule has 0 bridgehead atoms. The molecule has 1 atom stereocenters. The van der Waals surface area contributed by atoms with E-state index in [1.165, 1.54) is 44.9 Å². The summed E-state index contributed by atoms with van der Waals surface area (Å²) < 4.78 is 5.40. The molecule has 0 amide bonds. The molecule has 0 unspecified atom stereocenters. The lowest BCUT2D eigenvalue weighted by Crippen LogP contribution is -2.14. The van der Waals surface area contributed by atoms with Crippen LogP contribution in [0.25, 0.3) is 0 Å². The van der Waals surface area contributed by atoms with E-state index in [9.17, 15) is 4.79 Å². The molecule has 0 fully saturated rings. The second-order valence-corrected chi connectivity index (χ2v) is 5.31. The number of rotatable bonds is 12. The first-order chi connectivity index (χ1) is 8.70. The van der Waals surface area contributed by atoms with E-state index in [4.69, 9.17) is 4.74 Å². The first kappa shape index (κ1) is 17.5. The third-order valence-electron chi connectivity index (χ3n) is 3.28. The third-order valence-corrected chi connectivity index (χ3v) is 3.28. The van der Waals surface area contributed by atoms with Gasteiger partial charge in [-0.3, -0.25) is 4.79 Å². The van der Waals surface area contributed by atoms with E-state index in [2.05, 4.69) is 13.8 Å². The van der Waals surface area contributed by atoms with Crippen LogP contribution in [0.2, 0.25) is 0 Å². The van der Waals surface area contributed by atoms with E-state index < -0.39 is 0 Å². The predicted molar refractivity (Wildman–Crippen MR) is 77.7 cm³/mol. The van der Waals surface area contributed by atoms with Gasteiger partial charge in [0.15, 0.2) is 0 Å². The predicted octanol–water partition coefficient (Wildman–Crippen LogP) is 5.25. The summed E-state index contributed by atoms with van der Waals surface area (Å²) in [7, 11) is 0. The molecule has 0 N–H and O–H groups in total. The van der Waals surface area contributed by atoms with Crippen LogP contribution in [-0.2, 0) is 9.53 Å². The van der Waals surface area contributed by atoms with Gasteiger partial charge < -0.3 is 4.74 Å². The van der Waals surface area contributed by atoms with Crippen LogP contribution in [0.4, 0.5) is 0 Å².